The first-order chi connectivity index (χ1) is 8.69. The van der Waals surface area contributed by atoms with Gasteiger partial charge >= 0.3 is 0 Å². The molecule has 0 aromatic carbocycles. The summed E-state index contributed by atoms with van der Waals surface area (Å²) in [6.07, 6.45) is 4.01. The molecule has 5 heteroatoms. The van der Waals surface area contributed by atoms with E-state index < -0.39 is 0 Å². The van der Waals surface area contributed by atoms with Crippen molar-refractivity contribution < 1.29 is 0 Å². The number of aryl methyl sites for hydroxylation is 1. The summed E-state index contributed by atoms with van der Waals surface area (Å²) in [4.78, 5) is 7.04. The smallest absolute Gasteiger partial charge is 0.162 e. The zero-order valence-electron chi connectivity index (χ0n) is 10.9. The molecule has 18 heavy (non-hydrogen) atoms. The largest absolute Gasteiger partial charge is 0.383 e. The summed E-state index contributed by atoms with van der Waals surface area (Å²) in [5, 5.41) is 4.28. The number of hydrogen-bond donors (Lipinski definition) is 1. The second-order valence-electron chi connectivity index (χ2n) is 5.14. The van der Waals surface area contributed by atoms with Gasteiger partial charge in [-0.2, -0.15) is 9.61 Å². The molecule has 5 nitrogen and oxygen atoms in total. The van der Waals surface area contributed by atoms with E-state index in [1.807, 2.05) is 12.3 Å². The fourth-order valence-electron chi connectivity index (χ4n) is 2.57. The minimum atomic E-state index is 0.661. The summed E-state index contributed by atoms with van der Waals surface area (Å²) in [5.41, 5.74) is 8.11. The molecule has 0 unspecified atom stereocenters. The molecule has 3 heterocycles. The van der Waals surface area contributed by atoms with Crippen LogP contribution >= 0.6 is 0 Å². The van der Waals surface area contributed by atoms with Crippen LogP contribution < -0.4 is 10.6 Å². The van der Waals surface area contributed by atoms with Gasteiger partial charge in [-0.15, -0.1) is 0 Å². The van der Waals surface area contributed by atoms with Crippen LogP contribution in [-0.4, -0.2) is 27.7 Å². The quantitative estimate of drug-likeness (QED) is 0.875. The second-order valence-corrected chi connectivity index (χ2v) is 5.14. The Bertz CT molecular complexity index is 574. The molecule has 1 saturated heterocycles. The lowest BCUT2D eigenvalue weighted by Crippen LogP contribution is -2.21. The molecule has 1 aliphatic rings. The Morgan fingerprint density at radius 3 is 3.00 bits per heavy atom. The maximum absolute atomic E-state index is 6.06. The Morgan fingerprint density at radius 1 is 1.50 bits per heavy atom. The SMILES string of the molecule is CCc1cnn2c(N)cc(N3CC[C@H](C)C3)nc12. The highest BCUT2D eigenvalue weighted by Crippen LogP contribution is 2.25. The first kappa shape index (κ1) is 11.3. The number of aromatic nitrogens is 3. The zero-order valence-corrected chi connectivity index (χ0v) is 10.9. The van der Waals surface area contributed by atoms with Crippen molar-refractivity contribution in [2.75, 3.05) is 23.7 Å². The maximum atomic E-state index is 6.06. The van der Waals surface area contributed by atoms with Crippen LogP contribution in [0.2, 0.25) is 0 Å². The van der Waals surface area contributed by atoms with Crippen LogP contribution in [0.3, 0.4) is 0 Å². The molecule has 3 rings (SSSR count). The number of hydrogen-bond acceptors (Lipinski definition) is 4. The molecule has 0 aliphatic carbocycles. The van der Waals surface area contributed by atoms with Gasteiger partial charge in [-0.25, -0.2) is 4.98 Å². The Balaban J connectivity index is 2.08. The Hall–Kier alpha value is -1.78. The molecule has 1 fully saturated rings. The van der Waals surface area contributed by atoms with Crippen molar-refractivity contribution in [2.45, 2.75) is 26.7 Å². The summed E-state index contributed by atoms with van der Waals surface area (Å²) in [6, 6.07) is 1.93. The second kappa shape index (κ2) is 4.15. The monoisotopic (exact) mass is 245 g/mol. The van der Waals surface area contributed by atoms with Crippen molar-refractivity contribution in [3.05, 3.63) is 17.8 Å². The lowest BCUT2D eigenvalue weighted by Gasteiger charge is -2.17. The van der Waals surface area contributed by atoms with Crippen LogP contribution in [0, 0.1) is 5.92 Å². The molecule has 0 bridgehead atoms. The van der Waals surface area contributed by atoms with Gasteiger partial charge in [0, 0.05) is 24.7 Å². The highest BCUT2D eigenvalue weighted by Gasteiger charge is 2.21. The lowest BCUT2D eigenvalue weighted by molar-refractivity contribution is 0.659. The summed E-state index contributed by atoms with van der Waals surface area (Å²) >= 11 is 0. The molecule has 1 aliphatic heterocycles. The predicted molar refractivity (Wildman–Crippen MR) is 72.8 cm³/mol. The van der Waals surface area contributed by atoms with Gasteiger partial charge in [0.15, 0.2) is 5.65 Å². The molecule has 0 saturated carbocycles. The van der Waals surface area contributed by atoms with Crippen LogP contribution in [0.1, 0.15) is 25.8 Å². The van der Waals surface area contributed by atoms with Crippen molar-refractivity contribution >= 4 is 17.3 Å². The minimum absolute atomic E-state index is 0.661. The highest BCUT2D eigenvalue weighted by molar-refractivity contribution is 5.59. The van der Waals surface area contributed by atoms with Crippen LogP contribution in [0.15, 0.2) is 12.3 Å². The van der Waals surface area contributed by atoms with E-state index in [0.717, 1.165) is 42.5 Å². The van der Waals surface area contributed by atoms with E-state index in [1.54, 1.807) is 4.52 Å². The number of nitrogens with zero attached hydrogens (tertiary/aromatic N) is 4. The van der Waals surface area contributed by atoms with E-state index in [0.29, 0.717) is 5.82 Å². The number of anilines is 2. The number of nitrogens with two attached hydrogens (primary N) is 1. The molecule has 0 spiro atoms. The predicted octanol–water partition coefficient (Wildman–Crippen LogP) is 1.72. The third kappa shape index (κ3) is 1.70. The molecule has 2 aromatic rings. The maximum Gasteiger partial charge on any atom is 0.162 e. The molecule has 2 N–H and O–H groups in total. The fourth-order valence-corrected chi connectivity index (χ4v) is 2.57. The topological polar surface area (TPSA) is 59.5 Å². The van der Waals surface area contributed by atoms with Gasteiger partial charge in [0.2, 0.25) is 0 Å². The van der Waals surface area contributed by atoms with E-state index in [1.165, 1.54) is 6.42 Å². The molecular formula is C13H19N5. The summed E-state index contributed by atoms with van der Waals surface area (Å²) in [7, 11) is 0. The number of rotatable bonds is 2. The van der Waals surface area contributed by atoms with E-state index >= 15 is 0 Å². The van der Waals surface area contributed by atoms with Crippen molar-refractivity contribution in [1.29, 1.82) is 0 Å². The fraction of sp³-hybridized carbons (Fsp3) is 0.538. The summed E-state index contributed by atoms with van der Waals surface area (Å²) in [6.45, 7) is 6.52. The van der Waals surface area contributed by atoms with Gasteiger partial charge in [0.25, 0.3) is 0 Å². The van der Waals surface area contributed by atoms with E-state index in [4.69, 9.17) is 10.7 Å². The van der Waals surface area contributed by atoms with Gasteiger partial charge in [-0.1, -0.05) is 13.8 Å². The van der Waals surface area contributed by atoms with Crippen LogP contribution in [-0.2, 0) is 6.42 Å². The first-order valence-electron chi connectivity index (χ1n) is 6.57. The van der Waals surface area contributed by atoms with Crippen LogP contribution in [0.4, 0.5) is 11.6 Å². The van der Waals surface area contributed by atoms with E-state index in [2.05, 4.69) is 23.8 Å². The molecule has 0 amide bonds. The number of nitrogen functional groups attached to an aromatic ring is 1. The minimum Gasteiger partial charge on any atom is -0.383 e. The number of fused-ring (bicyclic) bond motifs is 1. The summed E-state index contributed by atoms with van der Waals surface area (Å²) in [5.74, 6) is 2.38. The lowest BCUT2D eigenvalue weighted by atomic mass is 10.2. The van der Waals surface area contributed by atoms with Crippen LogP contribution in [0.5, 0.6) is 0 Å². The average molecular weight is 245 g/mol. The van der Waals surface area contributed by atoms with Crippen molar-refractivity contribution in [1.82, 2.24) is 14.6 Å². The standard InChI is InChI=1S/C13H19N5/c1-3-10-7-15-18-11(14)6-12(16-13(10)18)17-5-4-9(2)8-17/h6-7,9H,3-5,8,14H2,1-2H3/t9-/m0/s1. The van der Waals surface area contributed by atoms with Gasteiger partial charge < -0.3 is 10.6 Å². The van der Waals surface area contributed by atoms with Gasteiger partial charge in [-0.3, -0.25) is 0 Å². The van der Waals surface area contributed by atoms with E-state index in [-0.39, 0.29) is 0 Å². The van der Waals surface area contributed by atoms with E-state index in [9.17, 15) is 0 Å². The third-order valence-corrected chi connectivity index (χ3v) is 3.69. The zero-order chi connectivity index (χ0) is 12.7. The van der Waals surface area contributed by atoms with Crippen molar-refractivity contribution in [3.63, 3.8) is 0 Å². The molecule has 1 atom stereocenters. The molecule has 96 valence electrons. The third-order valence-electron chi connectivity index (χ3n) is 3.69. The highest BCUT2D eigenvalue weighted by atomic mass is 15.3. The molecule has 0 radical (unpaired) electrons. The Morgan fingerprint density at radius 2 is 2.33 bits per heavy atom. The van der Waals surface area contributed by atoms with Crippen LogP contribution in [0.25, 0.3) is 5.65 Å². The van der Waals surface area contributed by atoms with Gasteiger partial charge in [0.05, 0.1) is 6.20 Å². The molecule has 2 aromatic heterocycles. The van der Waals surface area contributed by atoms with Crippen molar-refractivity contribution in [2.24, 2.45) is 5.92 Å². The van der Waals surface area contributed by atoms with Crippen molar-refractivity contribution in [3.8, 4) is 0 Å². The summed E-state index contributed by atoms with van der Waals surface area (Å²) < 4.78 is 1.72. The normalized spacial score (nSPS) is 19.9. The Labute approximate surface area is 107 Å². The average Bonchev–Trinajstić information content (AvgIpc) is 2.95. The molecular weight excluding hydrogens is 226 g/mol. The first-order valence-corrected chi connectivity index (χ1v) is 6.57. The van der Waals surface area contributed by atoms with Gasteiger partial charge in [-0.05, 0) is 18.8 Å². The Kier molecular flexibility index (Phi) is 2.61. The van der Waals surface area contributed by atoms with Gasteiger partial charge in [0.1, 0.15) is 11.6 Å².